The van der Waals surface area contributed by atoms with E-state index in [0.717, 1.165) is 0 Å². The molecule has 3 rings (SSSR count). The summed E-state index contributed by atoms with van der Waals surface area (Å²) in [6.07, 6.45) is 5.93. The largest absolute Gasteiger partial charge is 0.348 e. The molecule has 0 aliphatic carbocycles. The molecule has 0 radical (unpaired) electrons. The van der Waals surface area contributed by atoms with Crippen LogP contribution in [-0.2, 0) is 9.73 Å². The van der Waals surface area contributed by atoms with Crippen molar-refractivity contribution < 1.29 is 13.4 Å². The fourth-order valence-electron chi connectivity index (χ4n) is 2.52. The first-order valence-electron chi connectivity index (χ1n) is 9.43. The lowest BCUT2D eigenvalue weighted by Gasteiger charge is -2.13. The monoisotopic (exact) mass is 455 g/mol. The molecule has 0 atom stereocenters. The maximum Gasteiger partial charge on any atom is 0.256 e. The highest BCUT2D eigenvalue weighted by Crippen LogP contribution is 2.22. The van der Waals surface area contributed by atoms with E-state index in [9.17, 15) is 13.4 Å². The van der Waals surface area contributed by atoms with E-state index in [0.29, 0.717) is 11.5 Å². The second-order valence-electron chi connectivity index (χ2n) is 6.87. The quantitative estimate of drug-likeness (QED) is 0.442. The summed E-state index contributed by atoms with van der Waals surface area (Å²) >= 11 is 0. The Hall–Kier alpha value is -3.86. The number of carbonyl (C=O) groups is 1. The van der Waals surface area contributed by atoms with E-state index in [-0.39, 0.29) is 35.5 Å². The summed E-state index contributed by atoms with van der Waals surface area (Å²) in [5.74, 6) is 0.217. The molecule has 0 spiro atoms. The molecule has 2 heterocycles. The zero-order valence-electron chi connectivity index (χ0n) is 17.5. The van der Waals surface area contributed by atoms with E-state index in [1.807, 2.05) is 0 Å². The van der Waals surface area contributed by atoms with Gasteiger partial charge in [0.25, 0.3) is 5.91 Å². The van der Waals surface area contributed by atoms with Gasteiger partial charge in [-0.25, -0.2) is 18.6 Å². The Labute approximate surface area is 185 Å². The molecule has 0 saturated heterocycles. The smallest absolute Gasteiger partial charge is 0.256 e. The average Bonchev–Trinajstić information content (AvgIpc) is 2.73. The van der Waals surface area contributed by atoms with Crippen LogP contribution in [0.2, 0.25) is 0 Å². The number of benzene rings is 1. The number of anilines is 4. The minimum Gasteiger partial charge on any atom is -0.348 e. The van der Waals surface area contributed by atoms with Crippen LogP contribution in [0.1, 0.15) is 10.4 Å². The molecule has 11 heteroatoms. The van der Waals surface area contributed by atoms with E-state index in [4.69, 9.17) is 0 Å². The van der Waals surface area contributed by atoms with E-state index in [1.165, 1.54) is 43.0 Å². The molecule has 0 saturated carbocycles. The minimum absolute atomic E-state index is 0.176. The lowest BCUT2D eigenvalue weighted by atomic mass is 10.2. The summed E-state index contributed by atoms with van der Waals surface area (Å²) in [5.41, 5.74) is 0.746. The maximum atomic E-state index is 13.2. The van der Waals surface area contributed by atoms with Crippen molar-refractivity contribution in [2.75, 3.05) is 29.7 Å². The molecule has 0 aliphatic heterocycles. The summed E-state index contributed by atoms with van der Waals surface area (Å²) < 4.78 is 29.2. The van der Waals surface area contributed by atoms with Gasteiger partial charge < -0.3 is 16.0 Å². The third-order valence-electron chi connectivity index (χ3n) is 3.83. The van der Waals surface area contributed by atoms with Gasteiger partial charge >= 0.3 is 0 Å². The molecule has 0 aliphatic rings. The Morgan fingerprint density at radius 2 is 1.91 bits per heavy atom. The zero-order chi connectivity index (χ0) is 23.1. The van der Waals surface area contributed by atoms with Crippen molar-refractivity contribution in [2.24, 2.45) is 4.36 Å². The number of halogens is 1. The molecule has 3 N–H and O–H groups in total. The van der Waals surface area contributed by atoms with Crippen LogP contribution >= 0.6 is 0 Å². The predicted molar refractivity (Wildman–Crippen MR) is 124 cm³/mol. The summed E-state index contributed by atoms with van der Waals surface area (Å²) in [6, 6.07) is 10.7. The number of nitrogens with zero attached hydrogens (tertiary/aromatic N) is 4. The van der Waals surface area contributed by atoms with Gasteiger partial charge in [-0.2, -0.15) is 9.35 Å². The van der Waals surface area contributed by atoms with Crippen molar-refractivity contribution >= 4 is 44.7 Å². The summed E-state index contributed by atoms with van der Waals surface area (Å²) in [4.78, 5) is 25.4. The molecule has 9 nitrogen and oxygen atoms in total. The van der Waals surface area contributed by atoms with Crippen molar-refractivity contribution in [1.29, 1.82) is 0 Å². The SMILES string of the molecule is C=CCNC(=O)c1cnc(Nc2ccc(F)cc2)nc1Nc1cccc(N=S(C)(C)=O)n1. The van der Waals surface area contributed by atoms with Crippen molar-refractivity contribution in [3.05, 3.63) is 72.7 Å². The van der Waals surface area contributed by atoms with Crippen LogP contribution in [0.4, 0.5) is 33.5 Å². The highest BCUT2D eigenvalue weighted by Gasteiger charge is 2.15. The molecule has 2 aromatic heterocycles. The summed E-state index contributed by atoms with van der Waals surface area (Å²) in [7, 11) is -2.39. The molecule has 0 bridgehead atoms. The minimum atomic E-state index is -2.39. The lowest BCUT2D eigenvalue weighted by molar-refractivity contribution is 0.0958. The van der Waals surface area contributed by atoms with Gasteiger partial charge in [-0.05, 0) is 36.4 Å². The van der Waals surface area contributed by atoms with Crippen LogP contribution < -0.4 is 16.0 Å². The third kappa shape index (κ3) is 6.57. The third-order valence-corrected chi connectivity index (χ3v) is 4.46. The number of hydrogen-bond donors (Lipinski definition) is 3. The van der Waals surface area contributed by atoms with Crippen LogP contribution in [0.25, 0.3) is 0 Å². The molecular weight excluding hydrogens is 433 g/mol. The number of nitrogens with one attached hydrogen (secondary N) is 3. The number of pyridine rings is 1. The van der Waals surface area contributed by atoms with Gasteiger partial charge in [-0.1, -0.05) is 12.1 Å². The summed E-state index contributed by atoms with van der Waals surface area (Å²) in [5, 5.41) is 8.62. The molecule has 166 valence electrons. The normalized spacial score (nSPS) is 10.8. The van der Waals surface area contributed by atoms with E-state index in [1.54, 1.807) is 24.3 Å². The molecule has 32 heavy (non-hydrogen) atoms. The van der Waals surface area contributed by atoms with Crippen LogP contribution in [-0.4, -0.2) is 44.1 Å². The second kappa shape index (κ2) is 9.96. The first-order valence-corrected chi connectivity index (χ1v) is 11.8. The first-order chi connectivity index (χ1) is 15.2. The van der Waals surface area contributed by atoms with E-state index < -0.39 is 15.6 Å². The topological polar surface area (TPSA) is 121 Å². The van der Waals surface area contributed by atoms with Crippen LogP contribution in [0.3, 0.4) is 0 Å². The Morgan fingerprint density at radius 1 is 1.16 bits per heavy atom. The Bertz CT molecular complexity index is 1250. The zero-order valence-corrected chi connectivity index (χ0v) is 18.3. The molecular formula is C21H22FN7O2S. The molecule has 3 aromatic rings. The first kappa shape index (κ1) is 22.8. The second-order valence-corrected chi connectivity index (χ2v) is 9.41. The van der Waals surface area contributed by atoms with Crippen molar-refractivity contribution in [1.82, 2.24) is 20.3 Å². The predicted octanol–water partition coefficient (Wildman–Crippen LogP) is 3.77. The number of hydrogen-bond acceptors (Lipinski definition) is 8. The van der Waals surface area contributed by atoms with E-state index >= 15 is 0 Å². The fourth-order valence-corrected chi connectivity index (χ4v) is 3.07. The van der Waals surface area contributed by atoms with Crippen molar-refractivity contribution in [3.8, 4) is 0 Å². The van der Waals surface area contributed by atoms with Crippen molar-refractivity contribution in [2.45, 2.75) is 0 Å². The highest BCUT2D eigenvalue weighted by molar-refractivity contribution is 7.92. The highest BCUT2D eigenvalue weighted by atomic mass is 32.2. The van der Waals surface area contributed by atoms with Gasteiger partial charge in [-0.15, -0.1) is 6.58 Å². The van der Waals surface area contributed by atoms with Crippen molar-refractivity contribution in [3.63, 3.8) is 0 Å². The molecule has 0 unspecified atom stereocenters. The van der Waals surface area contributed by atoms with Gasteiger partial charge in [0.05, 0.1) is 0 Å². The average molecular weight is 456 g/mol. The number of aromatic nitrogens is 3. The van der Waals surface area contributed by atoms with Crippen LogP contribution in [0.5, 0.6) is 0 Å². The molecule has 0 fully saturated rings. The number of amides is 1. The number of carbonyl (C=O) groups excluding carboxylic acids is 1. The van der Waals surface area contributed by atoms with E-state index in [2.05, 4.69) is 41.8 Å². The fraction of sp³-hybridized carbons (Fsp3) is 0.143. The molecule has 1 aromatic carbocycles. The molecule has 1 amide bonds. The maximum absolute atomic E-state index is 13.2. The Kier molecular flexibility index (Phi) is 7.11. The Balaban J connectivity index is 1.95. The van der Waals surface area contributed by atoms with Gasteiger partial charge in [0.1, 0.15) is 23.0 Å². The van der Waals surface area contributed by atoms with Gasteiger partial charge in [0, 0.05) is 40.7 Å². The van der Waals surface area contributed by atoms with Crippen LogP contribution in [0, 0.1) is 5.82 Å². The van der Waals surface area contributed by atoms with Gasteiger partial charge in [0.2, 0.25) is 5.95 Å². The Morgan fingerprint density at radius 3 is 2.59 bits per heavy atom. The standard InChI is InChI=1S/C21H22FN7O2S/c1-4-12-23-20(30)16-13-24-21(25-15-10-8-14(22)9-11-15)28-19(16)27-17-6-5-7-18(26-17)29-32(2,3)31/h4-11,13H,1,12H2,2-3H3,(H,23,30)(H2,24,25,26,27,28). The lowest BCUT2D eigenvalue weighted by Crippen LogP contribution is -2.25. The van der Waals surface area contributed by atoms with Crippen LogP contribution in [0.15, 0.2) is 65.7 Å². The number of rotatable bonds is 8. The van der Waals surface area contributed by atoms with Gasteiger partial charge in [0.15, 0.2) is 5.82 Å². The van der Waals surface area contributed by atoms with Gasteiger partial charge in [-0.3, -0.25) is 4.79 Å². The summed E-state index contributed by atoms with van der Waals surface area (Å²) in [6.45, 7) is 3.85.